The van der Waals surface area contributed by atoms with E-state index in [1.165, 1.54) is 5.06 Å². The minimum atomic E-state index is -1.65. The van der Waals surface area contributed by atoms with Gasteiger partial charge in [-0.15, -0.1) is 0 Å². The van der Waals surface area contributed by atoms with Gasteiger partial charge in [-0.3, -0.25) is 10.2 Å². The minimum absolute atomic E-state index is 0.266. The summed E-state index contributed by atoms with van der Waals surface area (Å²) in [5.74, 6) is -0.491. The van der Waals surface area contributed by atoms with E-state index in [-0.39, 0.29) is 13.2 Å². The molecule has 2 heterocycles. The van der Waals surface area contributed by atoms with Gasteiger partial charge in [0.05, 0.1) is 12.1 Å². The van der Waals surface area contributed by atoms with Crippen LogP contribution in [0, 0.1) is 0 Å². The van der Waals surface area contributed by atoms with Crippen molar-refractivity contribution >= 4 is 5.91 Å². The van der Waals surface area contributed by atoms with Crippen LogP contribution in [-0.2, 0) is 14.3 Å². The van der Waals surface area contributed by atoms with Crippen LogP contribution >= 0.6 is 0 Å². The molecule has 1 amide bonds. The van der Waals surface area contributed by atoms with Crippen molar-refractivity contribution in [2.45, 2.75) is 75.9 Å². The molecule has 0 saturated carbocycles. The second-order valence-electron chi connectivity index (χ2n) is 8.35. The second kappa shape index (κ2) is 8.59. The predicted molar refractivity (Wildman–Crippen MR) is 95.5 cm³/mol. The van der Waals surface area contributed by atoms with Crippen LogP contribution in [0.15, 0.2) is 11.8 Å². The maximum atomic E-state index is 11.9. The van der Waals surface area contributed by atoms with Crippen LogP contribution in [0.4, 0.5) is 0 Å². The third-order valence-electron chi connectivity index (χ3n) is 4.83. The van der Waals surface area contributed by atoms with Crippen molar-refractivity contribution in [3.8, 4) is 0 Å². The maximum Gasteiger partial charge on any atom is 0.264 e. The summed E-state index contributed by atoms with van der Waals surface area (Å²) in [6.45, 7) is 6.82. The molecular formula is C17H31N3O8. The van der Waals surface area contributed by atoms with E-state index >= 15 is 0 Å². The van der Waals surface area contributed by atoms with E-state index in [1.54, 1.807) is 6.08 Å². The fourth-order valence-electron chi connectivity index (χ4n) is 3.46. The molecule has 11 heteroatoms. The predicted octanol–water partition coefficient (Wildman–Crippen LogP) is -2.04. The first kappa shape index (κ1) is 23.0. The first-order chi connectivity index (χ1) is 12.8. The smallest absolute Gasteiger partial charge is 0.264 e. The number of rotatable bonds is 6. The molecule has 0 spiro atoms. The lowest BCUT2D eigenvalue weighted by Crippen LogP contribution is -2.58. The Morgan fingerprint density at radius 1 is 1.21 bits per heavy atom. The number of ether oxygens (including phenoxy) is 2. The number of nitrogens with zero attached hydrogens (tertiary/aromatic N) is 1. The van der Waals surface area contributed by atoms with Gasteiger partial charge in [-0.05, 0) is 33.8 Å². The number of carbonyl (C=O) groups excluding carboxylic acids is 1. The number of carbonyl (C=O) groups is 1. The van der Waals surface area contributed by atoms with E-state index < -0.39 is 47.7 Å². The van der Waals surface area contributed by atoms with E-state index in [0.717, 1.165) is 5.70 Å². The summed E-state index contributed by atoms with van der Waals surface area (Å²) in [6, 6.07) is 0. The van der Waals surface area contributed by atoms with Gasteiger partial charge in [-0.1, -0.05) is 0 Å². The first-order valence-corrected chi connectivity index (χ1v) is 9.06. The van der Waals surface area contributed by atoms with Crippen molar-refractivity contribution < 1.29 is 39.9 Å². The lowest BCUT2D eigenvalue weighted by molar-refractivity contribution is -0.288. The summed E-state index contributed by atoms with van der Waals surface area (Å²) in [6.07, 6.45) is -5.12. The third-order valence-corrected chi connectivity index (χ3v) is 4.83. The van der Waals surface area contributed by atoms with E-state index in [4.69, 9.17) is 9.47 Å². The standard InChI is InChI=1S/C17H31N3O8/c1-16(2)5-9(6-17(3,4)20(16)26)18-19-11(21)8-27-7-10-12(22)13(23)14(24)15(25)28-10/h5,10,12-15,18,22-26H,6-8H2,1-4H3,(H,19,21). The zero-order chi connectivity index (χ0) is 21.3. The zero-order valence-corrected chi connectivity index (χ0v) is 16.5. The monoisotopic (exact) mass is 405 g/mol. The van der Waals surface area contributed by atoms with Gasteiger partial charge in [-0.2, -0.15) is 5.06 Å². The number of aliphatic hydroxyl groups is 4. The Hall–Kier alpha value is -1.31. The topological polar surface area (TPSA) is 164 Å². The van der Waals surface area contributed by atoms with Crippen molar-refractivity contribution in [2.75, 3.05) is 13.2 Å². The largest absolute Gasteiger partial charge is 0.387 e. The molecule has 28 heavy (non-hydrogen) atoms. The molecule has 0 aliphatic carbocycles. The van der Waals surface area contributed by atoms with Crippen molar-refractivity contribution in [2.24, 2.45) is 0 Å². The molecule has 11 nitrogen and oxygen atoms in total. The average Bonchev–Trinajstić information content (AvgIpc) is 2.60. The number of hydrogen-bond acceptors (Lipinski definition) is 10. The molecule has 0 aromatic carbocycles. The Balaban J connectivity index is 1.78. The van der Waals surface area contributed by atoms with Crippen molar-refractivity contribution in [3.63, 3.8) is 0 Å². The quantitative estimate of drug-likeness (QED) is 0.245. The van der Waals surface area contributed by atoms with Crippen LogP contribution in [0.1, 0.15) is 34.1 Å². The van der Waals surface area contributed by atoms with E-state index in [2.05, 4.69) is 10.9 Å². The van der Waals surface area contributed by atoms with E-state index in [1.807, 2.05) is 27.7 Å². The molecule has 0 radical (unpaired) electrons. The Morgan fingerprint density at radius 2 is 1.86 bits per heavy atom. The van der Waals surface area contributed by atoms with Crippen LogP contribution < -0.4 is 10.9 Å². The molecule has 162 valence electrons. The van der Waals surface area contributed by atoms with Gasteiger partial charge in [0.15, 0.2) is 6.29 Å². The number of amides is 1. The number of hydroxylamine groups is 2. The van der Waals surface area contributed by atoms with Crippen LogP contribution in [-0.4, -0.2) is 91.6 Å². The first-order valence-electron chi connectivity index (χ1n) is 9.06. The van der Waals surface area contributed by atoms with E-state index in [0.29, 0.717) is 6.42 Å². The van der Waals surface area contributed by atoms with Crippen molar-refractivity contribution in [3.05, 3.63) is 11.8 Å². The summed E-state index contributed by atoms with van der Waals surface area (Å²) >= 11 is 0. The summed E-state index contributed by atoms with van der Waals surface area (Å²) in [4.78, 5) is 11.9. The molecule has 7 N–H and O–H groups in total. The number of aliphatic hydroxyl groups excluding tert-OH is 4. The van der Waals surface area contributed by atoms with Gasteiger partial charge >= 0.3 is 0 Å². The summed E-state index contributed by atoms with van der Waals surface area (Å²) in [7, 11) is 0. The average molecular weight is 405 g/mol. The Labute approximate surface area is 163 Å². The Kier molecular flexibility index (Phi) is 7.05. The summed E-state index contributed by atoms with van der Waals surface area (Å²) < 4.78 is 10.1. The molecule has 2 rings (SSSR count). The van der Waals surface area contributed by atoms with Gasteiger partial charge in [0, 0.05) is 17.7 Å². The SMILES string of the molecule is CC1(C)C=C(NNC(=O)COCC2OC(O)C(O)C(O)C2O)CC(C)(C)N1O. The molecule has 2 aliphatic rings. The molecule has 0 bridgehead atoms. The summed E-state index contributed by atoms with van der Waals surface area (Å²) in [5, 5.41) is 49.8. The van der Waals surface area contributed by atoms with Gasteiger partial charge < -0.3 is 40.5 Å². The van der Waals surface area contributed by atoms with Gasteiger partial charge in [-0.25, -0.2) is 0 Å². The molecule has 5 unspecified atom stereocenters. The molecule has 1 fully saturated rings. The molecule has 5 atom stereocenters. The highest BCUT2D eigenvalue weighted by atomic mass is 16.6. The summed E-state index contributed by atoms with van der Waals surface area (Å²) in [5.41, 5.74) is 4.90. The zero-order valence-electron chi connectivity index (χ0n) is 16.5. The fraction of sp³-hybridized carbons (Fsp3) is 0.824. The van der Waals surface area contributed by atoms with Gasteiger partial charge in [0.2, 0.25) is 0 Å². The minimum Gasteiger partial charge on any atom is -0.387 e. The Morgan fingerprint density at radius 3 is 2.46 bits per heavy atom. The number of hydrogen-bond donors (Lipinski definition) is 7. The molecular weight excluding hydrogens is 374 g/mol. The van der Waals surface area contributed by atoms with Crippen LogP contribution in [0.3, 0.4) is 0 Å². The second-order valence-corrected chi connectivity index (χ2v) is 8.35. The molecule has 1 saturated heterocycles. The van der Waals surface area contributed by atoms with Gasteiger partial charge in [0.25, 0.3) is 5.91 Å². The molecule has 0 aromatic heterocycles. The Bertz CT molecular complexity index is 597. The third kappa shape index (κ3) is 5.19. The number of hydrazine groups is 1. The normalized spacial score (nSPS) is 35.2. The highest BCUT2D eigenvalue weighted by molar-refractivity contribution is 5.76. The lowest BCUT2D eigenvalue weighted by Gasteiger charge is -2.47. The number of nitrogens with one attached hydrogen (secondary N) is 2. The highest BCUT2D eigenvalue weighted by Gasteiger charge is 2.43. The van der Waals surface area contributed by atoms with Crippen LogP contribution in [0.25, 0.3) is 0 Å². The fourth-order valence-corrected chi connectivity index (χ4v) is 3.46. The van der Waals surface area contributed by atoms with Crippen molar-refractivity contribution in [1.82, 2.24) is 15.9 Å². The van der Waals surface area contributed by atoms with E-state index in [9.17, 15) is 30.4 Å². The van der Waals surface area contributed by atoms with Gasteiger partial charge in [0.1, 0.15) is 31.0 Å². The lowest BCUT2D eigenvalue weighted by atomic mass is 9.86. The maximum absolute atomic E-state index is 11.9. The van der Waals surface area contributed by atoms with Crippen molar-refractivity contribution in [1.29, 1.82) is 0 Å². The van der Waals surface area contributed by atoms with Crippen LogP contribution in [0.5, 0.6) is 0 Å². The molecule has 2 aliphatic heterocycles. The molecule has 0 aromatic rings. The highest BCUT2D eigenvalue weighted by Crippen LogP contribution is 2.34. The van der Waals surface area contributed by atoms with Crippen LogP contribution in [0.2, 0.25) is 0 Å².